The van der Waals surface area contributed by atoms with Crippen molar-refractivity contribution in [1.82, 2.24) is 9.88 Å². The van der Waals surface area contributed by atoms with Gasteiger partial charge in [0.2, 0.25) is 0 Å². The van der Waals surface area contributed by atoms with Crippen LogP contribution in [0.2, 0.25) is 5.02 Å². The van der Waals surface area contributed by atoms with Gasteiger partial charge in [0.05, 0.1) is 0 Å². The number of piperazine rings is 1. The summed E-state index contributed by atoms with van der Waals surface area (Å²) in [6, 6.07) is 11.1. The second-order valence-electron chi connectivity index (χ2n) is 5.78. The van der Waals surface area contributed by atoms with Crippen molar-refractivity contribution in [3.8, 4) is 0 Å². The van der Waals surface area contributed by atoms with E-state index in [0.29, 0.717) is 29.5 Å². The van der Waals surface area contributed by atoms with E-state index in [-0.39, 0.29) is 5.91 Å². The Bertz CT molecular complexity index is 870. The van der Waals surface area contributed by atoms with E-state index in [1.807, 2.05) is 17.0 Å². The lowest BCUT2D eigenvalue weighted by Crippen LogP contribution is -2.48. The standard InChI is InChI=1S/C18H16ClN3O2/c19-14-1-2-16-13(11-14)12-17(24-16)18(23)22-9-7-21(8-10-22)15-3-5-20-6-4-15/h1-6,11-12H,7-10H2. The van der Waals surface area contributed by atoms with E-state index in [1.54, 1.807) is 36.7 Å². The molecule has 6 heteroatoms. The minimum atomic E-state index is -0.0725. The average Bonchev–Trinajstić information content (AvgIpc) is 3.05. The van der Waals surface area contributed by atoms with Crippen LogP contribution in [-0.4, -0.2) is 42.0 Å². The molecule has 1 fully saturated rings. The van der Waals surface area contributed by atoms with Crippen LogP contribution < -0.4 is 4.90 Å². The number of aromatic nitrogens is 1. The zero-order chi connectivity index (χ0) is 16.5. The maximum atomic E-state index is 12.7. The van der Waals surface area contributed by atoms with Crippen molar-refractivity contribution < 1.29 is 9.21 Å². The summed E-state index contributed by atoms with van der Waals surface area (Å²) in [6.07, 6.45) is 3.57. The van der Waals surface area contributed by atoms with Crippen LogP contribution in [0.15, 0.2) is 53.2 Å². The summed E-state index contributed by atoms with van der Waals surface area (Å²) in [5, 5.41) is 1.48. The molecule has 3 aromatic rings. The van der Waals surface area contributed by atoms with Gasteiger partial charge >= 0.3 is 0 Å². The highest BCUT2D eigenvalue weighted by atomic mass is 35.5. The van der Waals surface area contributed by atoms with Crippen LogP contribution in [0.25, 0.3) is 11.0 Å². The zero-order valence-corrected chi connectivity index (χ0v) is 13.7. The SMILES string of the molecule is O=C(c1cc2cc(Cl)ccc2o1)N1CCN(c2ccncc2)CC1. The minimum absolute atomic E-state index is 0.0725. The van der Waals surface area contributed by atoms with Crippen molar-refractivity contribution in [2.45, 2.75) is 0 Å². The Morgan fingerprint density at radius 1 is 1.04 bits per heavy atom. The fourth-order valence-corrected chi connectivity index (χ4v) is 3.18. The van der Waals surface area contributed by atoms with Gasteiger partial charge < -0.3 is 14.2 Å². The predicted octanol–water partition coefficient (Wildman–Crippen LogP) is 3.44. The number of hydrogen-bond donors (Lipinski definition) is 0. The van der Waals surface area contributed by atoms with Crippen molar-refractivity contribution in [3.63, 3.8) is 0 Å². The van der Waals surface area contributed by atoms with Gasteiger partial charge in [0.25, 0.3) is 5.91 Å². The summed E-state index contributed by atoms with van der Waals surface area (Å²) in [5.74, 6) is 0.293. The van der Waals surface area contributed by atoms with E-state index in [2.05, 4.69) is 9.88 Å². The lowest BCUT2D eigenvalue weighted by atomic mass is 10.2. The highest BCUT2D eigenvalue weighted by molar-refractivity contribution is 6.31. The number of carbonyl (C=O) groups is 1. The van der Waals surface area contributed by atoms with E-state index in [1.165, 1.54) is 0 Å². The molecule has 0 unspecified atom stereocenters. The Balaban J connectivity index is 1.47. The quantitative estimate of drug-likeness (QED) is 0.716. The van der Waals surface area contributed by atoms with Gasteiger partial charge in [-0.15, -0.1) is 0 Å². The molecule has 0 atom stereocenters. The molecule has 2 aromatic heterocycles. The number of fused-ring (bicyclic) bond motifs is 1. The summed E-state index contributed by atoms with van der Waals surface area (Å²) >= 11 is 5.98. The molecule has 0 spiro atoms. The average molecular weight is 342 g/mol. The third-order valence-electron chi connectivity index (χ3n) is 4.28. The molecule has 5 nitrogen and oxygen atoms in total. The van der Waals surface area contributed by atoms with Crippen molar-refractivity contribution in [2.75, 3.05) is 31.1 Å². The molecule has 1 saturated heterocycles. The molecule has 24 heavy (non-hydrogen) atoms. The highest BCUT2D eigenvalue weighted by Crippen LogP contribution is 2.24. The first-order valence-electron chi connectivity index (χ1n) is 7.84. The topological polar surface area (TPSA) is 49.6 Å². The van der Waals surface area contributed by atoms with Crippen LogP contribution in [0, 0.1) is 0 Å². The van der Waals surface area contributed by atoms with Crippen LogP contribution in [0.1, 0.15) is 10.6 Å². The molecule has 4 rings (SSSR count). The maximum absolute atomic E-state index is 12.7. The number of carbonyl (C=O) groups excluding carboxylic acids is 1. The fraction of sp³-hybridized carbons (Fsp3) is 0.222. The normalized spacial score (nSPS) is 15.0. The summed E-state index contributed by atoms with van der Waals surface area (Å²) in [4.78, 5) is 20.8. The van der Waals surface area contributed by atoms with E-state index >= 15 is 0 Å². The fourth-order valence-electron chi connectivity index (χ4n) is 3.00. The van der Waals surface area contributed by atoms with Crippen molar-refractivity contribution in [1.29, 1.82) is 0 Å². The summed E-state index contributed by atoms with van der Waals surface area (Å²) in [6.45, 7) is 2.92. The van der Waals surface area contributed by atoms with Gasteiger partial charge in [-0.25, -0.2) is 0 Å². The number of pyridine rings is 1. The monoisotopic (exact) mass is 341 g/mol. The number of rotatable bonds is 2. The van der Waals surface area contributed by atoms with Crippen LogP contribution in [0.5, 0.6) is 0 Å². The summed E-state index contributed by atoms with van der Waals surface area (Å²) in [5.41, 5.74) is 1.81. The second-order valence-corrected chi connectivity index (χ2v) is 6.21. The van der Waals surface area contributed by atoms with Crippen LogP contribution >= 0.6 is 11.6 Å². The van der Waals surface area contributed by atoms with Gasteiger partial charge in [-0.05, 0) is 36.4 Å². The molecule has 0 saturated carbocycles. The van der Waals surface area contributed by atoms with Crippen LogP contribution in [0.3, 0.4) is 0 Å². The lowest BCUT2D eigenvalue weighted by Gasteiger charge is -2.35. The number of halogens is 1. The van der Waals surface area contributed by atoms with Gasteiger partial charge in [0.1, 0.15) is 5.58 Å². The third kappa shape index (κ3) is 2.83. The van der Waals surface area contributed by atoms with Crippen molar-refractivity contribution in [3.05, 3.63) is 59.6 Å². The number of furan rings is 1. The Morgan fingerprint density at radius 3 is 2.54 bits per heavy atom. The number of benzene rings is 1. The molecule has 0 radical (unpaired) electrons. The Kier molecular flexibility index (Phi) is 3.86. The van der Waals surface area contributed by atoms with E-state index in [0.717, 1.165) is 24.2 Å². The number of anilines is 1. The van der Waals surface area contributed by atoms with Crippen LogP contribution in [-0.2, 0) is 0 Å². The first-order chi connectivity index (χ1) is 11.7. The zero-order valence-electron chi connectivity index (χ0n) is 13.0. The number of nitrogens with zero attached hydrogens (tertiary/aromatic N) is 3. The smallest absolute Gasteiger partial charge is 0.289 e. The van der Waals surface area contributed by atoms with Gasteiger partial charge in [-0.3, -0.25) is 9.78 Å². The van der Waals surface area contributed by atoms with E-state index < -0.39 is 0 Å². The molecule has 0 N–H and O–H groups in total. The second kappa shape index (κ2) is 6.17. The van der Waals surface area contributed by atoms with Crippen molar-refractivity contribution in [2.24, 2.45) is 0 Å². The Morgan fingerprint density at radius 2 is 1.79 bits per heavy atom. The van der Waals surface area contributed by atoms with Crippen molar-refractivity contribution >= 4 is 34.2 Å². The molecule has 0 aliphatic carbocycles. The molecule has 0 bridgehead atoms. The molecule has 1 aliphatic rings. The van der Waals surface area contributed by atoms with E-state index in [9.17, 15) is 4.79 Å². The molecule has 1 amide bonds. The van der Waals surface area contributed by atoms with Gasteiger partial charge in [-0.1, -0.05) is 11.6 Å². The molecule has 122 valence electrons. The molecule has 1 aliphatic heterocycles. The minimum Gasteiger partial charge on any atom is -0.451 e. The highest BCUT2D eigenvalue weighted by Gasteiger charge is 2.24. The van der Waals surface area contributed by atoms with Gasteiger partial charge in [0.15, 0.2) is 5.76 Å². The molecular weight excluding hydrogens is 326 g/mol. The maximum Gasteiger partial charge on any atom is 0.289 e. The first kappa shape index (κ1) is 15.0. The third-order valence-corrected chi connectivity index (χ3v) is 4.52. The first-order valence-corrected chi connectivity index (χ1v) is 8.22. The van der Waals surface area contributed by atoms with E-state index in [4.69, 9.17) is 16.0 Å². The lowest BCUT2D eigenvalue weighted by molar-refractivity contribution is 0.0717. The number of hydrogen-bond acceptors (Lipinski definition) is 4. The Labute approximate surface area is 144 Å². The predicted molar refractivity (Wildman–Crippen MR) is 93.6 cm³/mol. The summed E-state index contributed by atoms with van der Waals surface area (Å²) in [7, 11) is 0. The molecule has 1 aromatic carbocycles. The largest absolute Gasteiger partial charge is 0.451 e. The van der Waals surface area contributed by atoms with Crippen LogP contribution in [0.4, 0.5) is 5.69 Å². The van der Waals surface area contributed by atoms with Gasteiger partial charge in [0, 0.05) is 54.7 Å². The summed E-state index contributed by atoms with van der Waals surface area (Å²) < 4.78 is 5.68. The molecular formula is C18H16ClN3O2. The van der Waals surface area contributed by atoms with Gasteiger partial charge in [-0.2, -0.15) is 0 Å². The Hall–Kier alpha value is -2.53. The number of amides is 1. The molecule has 3 heterocycles.